The third-order valence-electron chi connectivity index (χ3n) is 3.95. The lowest BCUT2D eigenvalue weighted by atomic mass is 10.1. The molecule has 0 amide bonds. The highest BCUT2D eigenvalue weighted by atomic mass is 35.5. The molecule has 2 aromatic carbocycles. The first-order chi connectivity index (χ1) is 10.6. The molecule has 0 aliphatic carbocycles. The monoisotopic (exact) mass is 322 g/mol. The van der Waals surface area contributed by atoms with Crippen molar-refractivity contribution in [1.82, 2.24) is 4.90 Å². The van der Waals surface area contributed by atoms with Crippen molar-refractivity contribution in [1.29, 1.82) is 0 Å². The summed E-state index contributed by atoms with van der Waals surface area (Å²) in [6.45, 7) is 3.91. The second-order valence-corrected chi connectivity index (χ2v) is 5.92. The van der Waals surface area contributed by atoms with E-state index in [2.05, 4.69) is 9.80 Å². The Morgan fingerprint density at radius 3 is 2.41 bits per heavy atom. The van der Waals surface area contributed by atoms with Crippen molar-refractivity contribution in [2.75, 3.05) is 31.1 Å². The van der Waals surface area contributed by atoms with E-state index in [1.54, 1.807) is 0 Å². The van der Waals surface area contributed by atoms with Crippen LogP contribution in [0.4, 0.5) is 14.5 Å². The van der Waals surface area contributed by atoms with Crippen LogP contribution < -0.4 is 4.90 Å². The summed E-state index contributed by atoms with van der Waals surface area (Å²) in [5, 5.41) is 0.730. The first kappa shape index (κ1) is 15.3. The Morgan fingerprint density at radius 1 is 0.955 bits per heavy atom. The Balaban J connectivity index is 1.60. The second kappa shape index (κ2) is 6.63. The van der Waals surface area contributed by atoms with E-state index in [1.807, 2.05) is 24.3 Å². The molecule has 0 unspecified atom stereocenters. The molecule has 1 heterocycles. The van der Waals surface area contributed by atoms with Gasteiger partial charge in [0.1, 0.15) is 11.6 Å². The molecule has 0 atom stereocenters. The topological polar surface area (TPSA) is 6.48 Å². The molecule has 0 bridgehead atoms. The van der Waals surface area contributed by atoms with Gasteiger partial charge in [-0.2, -0.15) is 0 Å². The largest absolute Gasteiger partial charge is 0.369 e. The SMILES string of the molecule is Fc1ccc(CN2CCN(c3cccc(Cl)c3)CC2)c(F)c1. The standard InChI is InChI=1S/C17H17ClF2N2/c18-14-2-1-3-16(10-14)22-8-6-21(7-9-22)12-13-4-5-15(19)11-17(13)20/h1-5,10-11H,6-9,12H2. The molecule has 1 fully saturated rings. The quantitative estimate of drug-likeness (QED) is 0.844. The molecular weight excluding hydrogens is 306 g/mol. The van der Waals surface area contributed by atoms with Crippen molar-refractivity contribution in [3.05, 3.63) is 64.7 Å². The van der Waals surface area contributed by atoms with Crippen LogP contribution in [0.15, 0.2) is 42.5 Å². The Hall–Kier alpha value is -1.65. The molecule has 0 spiro atoms. The molecule has 5 heteroatoms. The van der Waals surface area contributed by atoms with Crippen LogP contribution >= 0.6 is 11.6 Å². The van der Waals surface area contributed by atoms with Gasteiger partial charge >= 0.3 is 0 Å². The number of nitrogens with zero attached hydrogens (tertiary/aromatic N) is 2. The normalized spacial score (nSPS) is 16.0. The highest BCUT2D eigenvalue weighted by molar-refractivity contribution is 6.30. The van der Waals surface area contributed by atoms with Crippen LogP contribution in [0.2, 0.25) is 5.02 Å². The van der Waals surface area contributed by atoms with Gasteiger partial charge in [0, 0.05) is 55.1 Å². The van der Waals surface area contributed by atoms with E-state index >= 15 is 0 Å². The van der Waals surface area contributed by atoms with Crippen LogP contribution in [0.1, 0.15) is 5.56 Å². The van der Waals surface area contributed by atoms with E-state index in [9.17, 15) is 8.78 Å². The smallest absolute Gasteiger partial charge is 0.130 e. The van der Waals surface area contributed by atoms with E-state index in [0.717, 1.165) is 43.0 Å². The summed E-state index contributed by atoms with van der Waals surface area (Å²) < 4.78 is 26.6. The van der Waals surface area contributed by atoms with E-state index < -0.39 is 11.6 Å². The van der Waals surface area contributed by atoms with Gasteiger partial charge in [0.2, 0.25) is 0 Å². The summed E-state index contributed by atoms with van der Waals surface area (Å²) in [5.41, 5.74) is 1.65. The number of halogens is 3. The number of hydrogen-bond acceptors (Lipinski definition) is 2. The Kier molecular flexibility index (Phi) is 4.60. The lowest BCUT2D eigenvalue weighted by molar-refractivity contribution is 0.246. The highest BCUT2D eigenvalue weighted by Crippen LogP contribution is 2.21. The van der Waals surface area contributed by atoms with Crippen molar-refractivity contribution in [3.63, 3.8) is 0 Å². The van der Waals surface area contributed by atoms with Gasteiger partial charge in [0.05, 0.1) is 0 Å². The first-order valence-electron chi connectivity index (χ1n) is 7.28. The van der Waals surface area contributed by atoms with Crippen molar-refractivity contribution in [3.8, 4) is 0 Å². The van der Waals surface area contributed by atoms with Gasteiger partial charge in [-0.1, -0.05) is 23.7 Å². The van der Waals surface area contributed by atoms with Gasteiger partial charge in [-0.25, -0.2) is 8.78 Å². The minimum absolute atomic E-state index is 0.475. The van der Waals surface area contributed by atoms with Crippen molar-refractivity contribution in [2.24, 2.45) is 0 Å². The maximum atomic E-state index is 13.7. The number of benzene rings is 2. The third-order valence-corrected chi connectivity index (χ3v) is 4.19. The number of anilines is 1. The molecule has 3 rings (SSSR count). The van der Waals surface area contributed by atoms with E-state index in [4.69, 9.17) is 11.6 Å². The lowest BCUT2D eigenvalue weighted by Gasteiger charge is -2.36. The van der Waals surface area contributed by atoms with Crippen LogP contribution in [0, 0.1) is 11.6 Å². The molecule has 0 radical (unpaired) electrons. The Labute approximate surface area is 133 Å². The van der Waals surface area contributed by atoms with Crippen LogP contribution in [0.25, 0.3) is 0 Å². The maximum Gasteiger partial charge on any atom is 0.130 e. The molecule has 116 valence electrons. The minimum atomic E-state index is -0.535. The average molecular weight is 323 g/mol. The molecule has 0 aromatic heterocycles. The number of piperazine rings is 1. The molecule has 0 saturated carbocycles. The fourth-order valence-electron chi connectivity index (χ4n) is 2.73. The minimum Gasteiger partial charge on any atom is -0.369 e. The van der Waals surface area contributed by atoms with Gasteiger partial charge < -0.3 is 4.90 Å². The van der Waals surface area contributed by atoms with Crippen molar-refractivity contribution >= 4 is 17.3 Å². The van der Waals surface area contributed by atoms with Gasteiger partial charge in [0.25, 0.3) is 0 Å². The Bertz CT molecular complexity index is 655. The lowest BCUT2D eigenvalue weighted by Crippen LogP contribution is -2.46. The summed E-state index contributed by atoms with van der Waals surface area (Å²) >= 11 is 6.02. The van der Waals surface area contributed by atoms with Gasteiger partial charge in [0.15, 0.2) is 0 Å². The summed E-state index contributed by atoms with van der Waals surface area (Å²) in [4.78, 5) is 4.45. The van der Waals surface area contributed by atoms with E-state index in [0.29, 0.717) is 12.1 Å². The molecule has 22 heavy (non-hydrogen) atoms. The van der Waals surface area contributed by atoms with Crippen molar-refractivity contribution < 1.29 is 8.78 Å². The summed E-state index contributed by atoms with van der Waals surface area (Å²) in [6.07, 6.45) is 0. The summed E-state index contributed by atoms with van der Waals surface area (Å²) in [7, 11) is 0. The molecular formula is C17H17ClF2N2. The van der Waals surface area contributed by atoms with Gasteiger partial charge in [-0.15, -0.1) is 0 Å². The van der Waals surface area contributed by atoms with E-state index in [-0.39, 0.29) is 0 Å². The molecule has 1 aliphatic heterocycles. The van der Waals surface area contributed by atoms with E-state index in [1.165, 1.54) is 12.1 Å². The number of rotatable bonds is 3. The molecule has 2 nitrogen and oxygen atoms in total. The first-order valence-corrected chi connectivity index (χ1v) is 7.66. The zero-order chi connectivity index (χ0) is 15.5. The Morgan fingerprint density at radius 2 is 1.73 bits per heavy atom. The fraction of sp³-hybridized carbons (Fsp3) is 0.294. The molecule has 1 saturated heterocycles. The van der Waals surface area contributed by atoms with Crippen LogP contribution in [-0.2, 0) is 6.54 Å². The zero-order valence-corrected chi connectivity index (χ0v) is 12.9. The van der Waals surface area contributed by atoms with Crippen LogP contribution in [0.3, 0.4) is 0 Å². The van der Waals surface area contributed by atoms with Crippen LogP contribution in [0.5, 0.6) is 0 Å². The van der Waals surface area contributed by atoms with Gasteiger partial charge in [-0.05, 0) is 24.3 Å². The predicted octanol–water partition coefficient (Wildman–Crippen LogP) is 3.94. The zero-order valence-electron chi connectivity index (χ0n) is 12.1. The van der Waals surface area contributed by atoms with Crippen molar-refractivity contribution in [2.45, 2.75) is 6.54 Å². The maximum absolute atomic E-state index is 13.7. The molecule has 1 aliphatic rings. The average Bonchev–Trinajstić information content (AvgIpc) is 2.51. The third kappa shape index (κ3) is 3.57. The second-order valence-electron chi connectivity index (χ2n) is 5.48. The summed E-state index contributed by atoms with van der Waals surface area (Å²) in [6, 6.07) is 11.6. The predicted molar refractivity (Wildman–Crippen MR) is 85.3 cm³/mol. The number of hydrogen-bond donors (Lipinski definition) is 0. The van der Waals surface area contributed by atoms with Gasteiger partial charge in [-0.3, -0.25) is 4.90 Å². The summed E-state index contributed by atoms with van der Waals surface area (Å²) in [5.74, 6) is -1.01. The van der Waals surface area contributed by atoms with Crippen LogP contribution in [-0.4, -0.2) is 31.1 Å². The highest BCUT2D eigenvalue weighted by Gasteiger charge is 2.18. The molecule has 2 aromatic rings. The fourth-order valence-corrected chi connectivity index (χ4v) is 2.91. The molecule has 0 N–H and O–H groups in total.